The average Bonchev–Trinajstić information content (AvgIpc) is 3.58. The molecule has 1 amide bonds. The Kier molecular flexibility index (Phi) is 8.51. The number of carbonyl (C=O) groups excluding carboxylic acids is 1. The number of thiazole rings is 1. The van der Waals surface area contributed by atoms with Crippen molar-refractivity contribution < 1.29 is 9.18 Å². The van der Waals surface area contributed by atoms with E-state index < -0.39 is 0 Å². The van der Waals surface area contributed by atoms with Gasteiger partial charge in [0.25, 0.3) is 5.91 Å². The van der Waals surface area contributed by atoms with E-state index in [0.717, 1.165) is 23.4 Å². The molecular formula is C29H30FN9OS. The lowest BCUT2D eigenvalue weighted by Crippen LogP contribution is -2.15. The van der Waals surface area contributed by atoms with Gasteiger partial charge in [0, 0.05) is 42.9 Å². The lowest BCUT2D eigenvalue weighted by atomic mass is 10.1. The quantitative estimate of drug-likeness (QED) is 0.134. The van der Waals surface area contributed by atoms with Crippen molar-refractivity contribution in [1.29, 1.82) is 0 Å². The Morgan fingerprint density at radius 2 is 1.93 bits per heavy atom. The summed E-state index contributed by atoms with van der Waals surface area (Å²) in [6.07, 6.45) is 4.32. The number of aryl methyl sites for hydroxylation is 1. The maximum atomic E-state index is 14.7. The maximum absolute atomic E-state index is 14.7. The van der Waals surface area contributed by atoms with Crippen LogP contribution >= 0.6 is 11.3 Å². The number of amides is 1. The normalized spacial score (nSPS) is 10.9. The highest BCUT2D eigenvalue weighted by Gasteiger charge is 2.17. The fourth-order valence-electron chi connectivity index (χ4n) is 4.24. The van der Waals surface area contributed by atoms with Crippen LogP contribution in [-0.2, 0) is 7.05 Å². The van der Waals surface area contributed by atoms with Gasteiger partial charge in [0.15, 0.2) is 5.13 Å². The summed E-state index contributed by atoms with van der Waals surface area (Å²) in [5.41, 5.74) is 10.3. The summed E-state index contributed by atoms with van der Waals surface area (Å²) in [5.74, 6) is -0.279. The molecule has 3 heterocycles. The highest BCUT2D eigenvalue weighted by Crippen LogP contribution is 2.38. The molecule has 0 saturated carbocycles. The van der Waals surface area contributed by atoms with Crippen LogP contribution in [0, 0.1) is 5.82 Å². The number of nitrogens with one attached hydrogen (secondary N) is 4. The summed E-state index contributed by atoms with van der Waals surface area (Å²) in [5, 5.41) is 12.6. The standard InChI is InChI=1S/C29H30FN9OS/c1-32-12-5-13-33-22-10-9-20(17-21(22)30)36-29-34-14-11-23(37-29)26-25(38-28(31)41-26)18-6-3-7-19(16-18)35-27(40)24-8-4-15-39(24)2/h3-4,6-11,14-17,32-33H,5,12-13H2,1-2H3,(H2,31,38)(H,35,40)(H,34,36,37). The molecule has 0 aliphatic carbocycles. The van der Waals surface area contributed by atoms with Gasteiger partial charge in [0.1, 0.15) is 11.5 Å². The number of hydrogen-bond donors (Lipinski definition) is 5. The molecule has 0 aliphatic rings. The number of aromatic nitrogens is 4. The van der Waals surface area contributed by atoms with E-state index in [1.807, 2.05) is 50.6 Å². The summed E-state index contributed by atoms with van der Waals surface area (Å²) in [4.78, 5) is 27.0. The van der Waals surface area contributed by atoms with Crippen LogP contribution in [0.4, 0.5) is 32.5 Å². The van der Waals surface area contributed by atoms with Gasteiger partial charge in [0.2, 0.25) is 5.95 Å². The molecule has 0 atom stereocenters. The molecule has 0 spiro atoms. The van der Waals surface area contributed by atoms with Gasteiger partial charge in [-0.05, 0) is 68.5 Å². The van der Waals surface area contributed by atoms with Crippen LogP contribution in [0.2, 0.25) is 0 Å². The minimum absolute atomic E-state index is 0.215. The second-order valence-electron chi connectivity index (χ2n) is 9.24. The Bertz CT molecular complexity index is 1670. The zero-order valence-corrected chi connectivity index (χ0v) is 23.4. The van der Waals surface area contributed by atoms with E-state index in [0.29, 0.717) is 51.8 Å². The van der Waals surface area contributed by atoms with Crippen LogP contribution < -0.4 is 27.0 Å². The molecule has 3 aromatic heterocycles. The zero-order chi connectivity index (χ0) is 28.8. The Labute approximate surface area is 240 Å². The summed E-state index contributed by atoms with van der Waals surface area (Å²) in [6.45, 7) is 1.52. The third-order valence-electron chi connectivity index (χ3n) is 6.25. The van der Waals surface area contributed by atoms with Gasteiger partial charge in [-0.25, -0.2) is 19.3 Å². The van der Waals surface area contributed by atoms with E-state index in [9.17, 15) is 9.18 Å². The SMILES string of the molecule is CNCCCNc1ccc(Nc2nccc(-c3sc(N)nc3-c3cccc(NC(=O)c4cccn4C)c3)n2)cc1F. The first-order chi connectivity index (χ1) is 19.9. The molecule has 0 fully saturated rings. The minimum Gasteiger partial charge on any atom is -0.383 e. The molecular weight excluding hydrogens is 541 g/mol. The molecule has 0 radical (unpaired) electrons. The fraction of sp³-hybridized carbons (Fsp3) is 0.172. The first kappa shape index (κ1) is 27.7. The smallest absolute Gasteiger partial charge is 0.272 e. The number of hydrogen-bond acceptors (Lipinski definition) is 9. The number of rotatable bonds is 11. The molecule has 6 N–H and O–H groups in total. The minimum atomic E-state index is -0.368. The average molecular weight is 572 g/mol. The molecule has 0 saturated heterocycles. The van der Waals surface area contributed by atoms with Crippen molar-refractivity contribution >= 4 is 45.4 Å². The molecule has 12 heteroatoms. The summed E-state index contributed by atoms with van der Waals surface area (Å²) >= 11 is 1.30. The van der Waals surface area contributed by atoms with Gasteiger partial charge in [-0.1, -0.05) is 23.5 Å². The highest BCUT2D eigenvalue weighted by atomic mass is 32.1. The number of benzene rings is 2. The van der Waals surface area contributed by atoms with Crippen molar-refractivity contribution in [3.63, 3.8) is 0 Å². The van der Waals surface area contributed by atoms with Crippen LogP contribution in [0.5, 0.6) is 0 Å². The van der Waals surface area contributed by atoms with E-state index in [1.165, 1.54) is 17.4 Å². The molecule has 41 heavy (non-hydrogen) atoms. The molecule has 0 aliphatic heterocycles. The first-order valence-electron chi connectivity index (χ1n) is 13.0. The van der Waals surface area contributed by atoms with Gasteiger partial charge in [-0.2, -0.15) is 0 Å². The van der Waals surface area contributed by atoms with Gasteiger partial charge >= 0.3 is 0 Å². The summed E-state index contributed by atoms with van der Waals surface area (Å²) < 4.78 is 16.4. The number of nitrogens with zero attached hydrogens (tertiary/aromatic N) is 4. The number of carbonyl (C=O) groups is 1. The van der Waals surface area contributed by atoms with Crippen LogP contribution in [-0.4, -0.2) is 45.6 Å². The van der Waals surface area contributed by atoms with Gasteiger partial charge in [-0.3, -0.25) is 4.79 Å². The molecule has 5 aromatic rings. The van der Waals surface area contributed by atoms with E-state index in [1.54, 1.807) is 35.0 Å². The zero-order valence-electron chi connectivity index (χ0n) is 22.6. The number of halogens is 1. The van der Waals surface area contributed by atoms with Crippen molar-refractivity contribution in [3.8, 4) is 21.8 Å². The number of nitrogen functional groups attached to an aromatic ring is 1. The second kappa shape index (κ2) is 12.6. The van der Waals surface area contributed by atoms with Crippen molar-refractivity contribution in [3.05, 3.63) is 84.6 Å². The third-order valence-corrected chi connectivity index (χ3v) is 7.15. The molecule has 5 rings (SSSR count). The predicted molar refractivity (Wildman–Crippen MR) is 163 cm³/mol. The largest absolute Gasteiger partial charge is 0.383 e. The Balaban J connectivity index is 1.35. The Morgan fingerprint density at radius 1 is 1.05 bits per heavy atom. The second-order valence-corrected chi connectivity index (χ2v) is 10.3. The van der Waals surface area contributed by atoms with Crippen molar-refractivity contribution in [1.82, 2.24) is 24.8 Å². The molecule has 2 aromatic carbocycles. The molecule has 210 valence electrons. The van der Waals surface area contributed by atoms with Crippen LogP contribution in [0.3, 0.4) is 0 Å². The van der Waals surface area contributed by atoms with Crippen LogP contribution in [0.25, 0.3) is 21.8 Å². The fourth-order valence-corrected chi connectivity index (χ4v) is 5.07. The van der Waals surface area contributed by atoms with Crippen molar-refractivity contribution in [2.75, 3.05) is 41.8 Å². The maximum Gasteiger partial charge on any atom is 0.272 e. The molecule has 0 unspecified atom stereocenters. The third kappa shape index (κ3) is 6.68. The summed E-state index contributed by atoms with van der Waals surface area (Å²) in [6, 6.07) is 17.6. The van der Waals surface area contributed by atoms with Crippen LogP contribution in [0.1, 0.15) is 16.9 Å². The van der Waals surface area contributed by atoms with E-state index in [2.05, 4.69) is 36.2 Å². The molecule has 10 nitrogen and oxygen atoms in total. The van der Waals surface area contributed by atoms with Crippen molar-refractivity contribution in [2.45, 2.75) is 6.42 Å². The summed E-state index contributed by atoms with van der Waals surface area (Å²) in [7, 11) is 3.70. The van der Waals surface area contributed by atoms with E-state index >= 15 is 0 Å². The van der Waals surface area contributed by atoms with E-state index in [-0.39, 0.29) is 11.7 Å². The Hall–Kier alpha value is -4.81. The molecule has 0 bridgehead atoms. The number of nitrogens with two attached hydrogens (primary N) is 1. The Morgan fingerprint density at radius 3 is 2.71 bits per heavy atom. The van der Waals surface area contributed by atoms with Gasteiger partial charge in [0.05, 0.1) is 22.0 Å². The topological polar surface area (TPSA) is 135 Å². The first-order valence-corrected chi connectivity index (χ1v) is 13.8. The van der Waals surface area contributed by atoms with Gasteiger partial charge < -0.3 is 31.6 Å². The lowest BCUT2D eigenvalue weighted by molar-refractivity contribution is 0.101. The highest BCUT2D eigenvalue weighted by molar-refractivity contribution is 7.19. The van der Waals surface area contributed by atoms with E-state index in [4.69, 9.17) is 5.73 Å². The number of anilines is 5. The monoisotopic (exact) mass is 571 g/mol. The van der Waals surface area contributed by atoms with Crippen LogP contribution in [0.15, 0.2) is 73.1 Å². The van der Waals surface area contributed by atoms with Gasteiger partial charge in [-0.15, -0.1) is 0 Å². The lowest BCUT2D eigenvalue weighted by Gasteiger charge is -2.11. The van der Waals surface area contributed by atoms with Crippen molar-refractivity contribution in [2.24, 2.45) is 7.05 Å². The predicted octanol–water partition coefficient (Wildman–Crippen LogP) is 5.34.